The summed E-state index contributed by atoms with van der Waals surface area (Å²) < 4.78 is 0.695. The third-order valence-corrected chi connectivity index (χ3v) is 4.87. The van der Waals surface area contributed by atoms with Gasteiger partial charge in [0.25, 0.3) is 0 Å². The molecule has 1 N–H and O–H groups in total. The summed E-state index contributed by atoms with van der Waals surface area (Å²) in [6, 6.07) is 12.3. The summed E-state index contributed by atoms with van der Waals surface area (Å²) in [5, 5.41) is 0. The van der Waals surface area contributed by atoms with Crippen molar-refractivity contribution in [2.75, 3.05) is 0 Å². The maximum Gasteiger partial charge on any atom is 0.130 e. The highest BCUT2D eigenvalue weighted by atomic mass is 32.1. The van der Waals surface area contributed by atoms with Crippen LogP contribution in [-0.2, 0) is 0 Å². The number of hydrogen-bond donors (Lipinski definition) is 1. The molecule has 110 valence electrons. The van der Waals surface area contributed by atoms with E-state index in [4.69, 9.17) is 12.2 Å². The van der Waals surface area contributed by atoms with Crippen molar-refractivity contribution in [1.82, 2.24) is 9.97 Å². The maximum absolute atomic E-state index is 5.37. The van der Waals surface area contributed by atoms with E-state index in [2.05, 4.69) is 41.2 Å². The van der Waals surface area contributed by atoms with Crippen LogP contribution in [-0.4, -0.2) is 9.97 Å². The zero-order valence-electron chi connectivity index (χ0n) is 12.5. The van der Waals surface area contributed by atoms with Crippen molar-refractivity contribution in [2.45, 2.75) is 44.9 Å². The highest BCUT2D eigenvalue weighted by molar-refractivity contribution is 7.71. The molecule has 0 radical (unpaired) electrons. The molecule has 2 aromatic rings. The largest absolute Gasteiger partial charge is 0.343 e. The number of H-pyrrole nitrogens is 1. The van der Waals surface area contributed by atoms with Crippen molar-refractivity contribution >= 4 is 12.2 Å². The molecule has 1 aromatic heterocycles. The number of rotatable bonds is 3. The predicted molar refractivity (Wildman–Crippen MR) is 89.8 cm³/mol. The maximum atomic E-state index is 5.37. The van der Waals surface area contributed by atoms with Crippen LogP contribution in [0.25, 0.3) is 11.3 Å². The molecule has 0 spiro atoms. The van der Waals surface area contributed by atoms with Crippen LogP contribution in [0, 0.1) is 10.6 Å². The van der Waals surface area contributed by atoms with Gasteiger partial charge in [-0.2, -0.15) is 0 Å². The summed E-state index contributed by atoms with van der Waals surface area (Å²) >= 11 is 5.37. The molecule has 1 aliphatic carbocycles. The summed E-state index contributed by atoms with van der Waals surface area (Å²) in [6.07, 6.45) is 6.41. The standard InChI is InChI=1S/C18H22N2S/c1-2-13-8-10-15(11-9-13)18-19-16(12-17(21)20-18)14-6-4-3-5-7-14/h3-7,12-13,15H,2,8-11H2,1H3,(H,19,20,21). The highest BCUT2D eigenvalue weighted by Gasteiger charge is 2.23. The van der Waals surface area contributed by atoms with Gasteiger partial charge in [-0.15, -0.1) is 0 Å². The molecule has 0 amide bonds. The van der Waals surface area contributed by atoms with Gasteiger partial charge in [0.1, 0.15) is 10.5 Å². The Labute approximate surface area is 131 Å². The molecule has 0 unspecified atom stereocenters. The van der Waals surface area contributed by atoms with Crippen molar-refractivity contribution in [2.24, 2.45) is 5.92 Å². The van der Waals surface area contributed by atoms with Crippen LogP contribution < -0.4 is 0 Å². The van der Waals surface area contributed by atoms with Gasteiger partial charge < -0.3 is 4.98 Å². The lowest BCUT2D eigenvalue weighted by atomic mass is 9.80. The third kappa shape index (κ3) is 3.41. The van der Waals surface area contributed by atoms with Crippen LogP contribution in [0.4, 0.5) is 0 Å². The van der Waals surface area contributed by atoms with E-state index >= 15 is 0 Å². The third-order valence-electron chi connectivity index (χ3n) is 4.66. The van der Waals surface area contributed by atoms with Crippen LogP contribution in [0.1, 0.15) is 50.8 Å². The van der Waals surface area contributed by atoms with Gasteiger partial charge in [0.15, 0.2) is 0 Å². The van der Waals surface area contributed by atoms with Crippen molar-refractivity contribution in [3.8, 4) is 11.3 Å². The Morgan fingerprint density at radius 3 is 2.52 bits per heavy atom. The van der Waals surface area contributed by atoms with Gasteiger partial charge in [-0.05, 0) is 43.2 Å². The second-order valence-corrected chi connectivity index (χ2v) is 6.43. The van der Waals surface area contributed by atoms with E-state index in [0.717, 1.165) is 17.4 Å². The highest BCUT2D eigenvalue weighted by Crippen LogP contribution is 2.36. The SMILES string of the molecule is CCC1CCC(c2nc(=S)cc(-c3ccccc3)[nH]2)CC1. The summed E-state index contributed by atoms with van der Waals surface area (Å²) in [6.45, 7) is 2.30. The van der Waals surface area contributed by atoms with Crippen LogP contribution in [0.3, 0.4) is 0 Å². The number of aromatic amines is 1. The lowest BCUT2D eigenvalue weighted by Gasteiger charge is -2.27. The molecule has 2 nitrogen and oxygen atoms in total. The minimum atomic E-state index is 0.540. The fourth-order valence-corrected chi connectivity index (χ4v) is 3.50. The Morgan fingerprint density at radius 1 is 1.14 bits per heavy atom. The van der Waals surface area contributed by atoms with Gasteiger partial charge >= 0.3 is 0 Å². The number of aromatic nitrogens is 2. The lowest BCUT2D eigenvalue weighted by molar-refractivity contribution is 0.312. The molecule has 3 rings (SSSR count). The summed E-state index contributed by atoms with van der Waals surface area (Å²) in [5.74, 6) is 2.52. The Kier molecular flexibility index (Phi) is 4.49. The molecule has 0 bridgehead atoms. The summed E-state index contributed by atoms with van der Waals surface area (Å²) in [4.78, 5) is 8.12. The van der Waals surface area contributed by atoms with E-state index in [1.165, 1.54) is 37.7 Å². The quantitative estimate of drug-likeness (QED) is 0.759. The monoisotopic (exact) mass is 298 g/mol. The average Bonchev–Trinajstić information content (AvgIpc) is 2.55. The van der Waals surface area contributed by atoms with E-state index in [1.54, 1.807) is 0 Å². The lowest BCUT2D eigenvalue weighted by Crippen LogP contribution is -2.15. The molecule has 1 saturated carbocycles. The Morgan fingerprint density at radius 2 is 1.86 bits per heavy atom. The van der Waals surface area contributed by atoms with Gasteiger partial charge in [0.2, 0.25) is 0 Å². The fourth-order valence-electron chi connectivity index (χ4n) is 3.29. The molecule has 21 heavy (non-hydrogen) atoms. The van der Waals surface area contributed by atoms with Crippen molar-refractivity contribution < 1.29 is 0 Å². The van der Waals surface area contributed by atoms with Crippen molar-refractivity contribution in [3.63, 3.8) is 0 Å². The first-order valence-electron chi connectivity index (χ1n) is 7.93. The molecule has 3 heteroatoms. The molecular formula is C18H22N2S. The van der Waals surface area contributed by atoms with E-state index in [-0.39, 0.29) is 0 Å². The fraction of sp³-hybridized carbons (Fsp3) is 0.444. The van der Waals surface area contributed by atoms with Crippen molar-refractivity contribution in [3.05, 3.63) is 46.9 Å². The van der Waals surface area contributed by atoms with E-state index in [1.807, 2.05) is 12.1 Å². The zero-order valence-corrected chi connectivity index (χ0v) is 13.3. The molecule has 1 fully saturated rings. The first kappa shape index (κ1) is 14.5. The molecule has 1 aliphatic rings. The first-order chi connectivity index (χ1) is 10.3. The van der Waals surface area contributed by atoms with Gasteiger partial charge in [0, 0.05) is 11.6 Å². The molecule has 0 saturated heterocycles. The van der Waals surface area contributed by atoms with Crippen LogP contribution in [0.2, 0.25) is 0 Å². The predicted octanol–water partition coefficient (Wildman–Crippen LogP) is 5.49. The van der Waals surface area contributed by atoms with Gasteiger partial charge in [-0.3, -0.25) is 0 Å². The topological polar surface area (TPSA) is 28.7 Å². The van der Waals surface area contributed by atoms with E-state index in [0.29, 0.717) is 10.6 Å². The van der Waals surface area contributed by atoms with E-state index in [9.17, 15) is 0 Å². The molecule has 1 aromatic carbocycles. The summed E-state index contributed by atoms with van der Waals surface area (Å²) in [5.41, 5.74) is 2.26. The second kappa shape index (κ2) is 6.52. The van der Waals surface area contributed by atoms with E-state index < -0.39 is 0 Å². The molecule has 0 aliphatic heterocycles. The number of nitrogens with one attached hydrogen (secondary N) is 1. The molecular weight excluding hydrogens is 276 g/mol. The van der Waals surface area contributed by atoms with Crippen LogP contribution in [0.15, 0.2) is 36.4 Å². The minimum Gasteiger partial charge on any atom is -0.343 e. The van der Waals surface area contributed by atoms with Gasteiger partial charge in [-0.25, -0.2) is 4.98 Å². The summed E-state index contributed by atoms with van der Waals surface area (Å²) in [7, 11) is 0. The zero-order chi connectivity index (χ0) is 14.7. The van der Waals surface area contributed by atoms with Gasteiger partial charge in [-0.1, -0.05) is 55.9 Å². The Hall–Kier alpha value is -1.48. The van der Waals surface area contributed by atoms with Crippen LogP contribution >= 0.6 is 12.2 Å². The second-order valence-electron chi connectivity index (χ2n) is 6.01. The average molecular weight is 298 g/mol. The number of benzene rings is 1. The first-order valence-corrected chi connectivity index (χ1v) is 8.33. The van der Waals surface area contributed by atoms with Crippen molar-refractivity contribution in [1.29, 1.82) is 0 Å². The Bertz CT molecular complexity index is 640. The Balaban J connectivity index is 1.87. The minimum absolute atomic E-state index is 0.540. The van der Waals surface area contributed by atoms with Crippen LogP contribution in [0.5, 0.6) is 0 Å². The number of hydrogen-bond acceptors (Lipinski definition) is 2. The normalized spacial score (nSPS) is 22.1. The molecule has 0 atom stereocenters. The molecule has 1 heterocycles. The number of nitrogens with zero attached hydrogens (tertiary/aromatic N) is 1. The van der Waals surface area contributed by atoms with Gasteiger partial charge in [0.05, 0.1) is 0 Å². The smallest absolute Gasteiger partial charge is 0.130 e.